The number of nitrogens with zero attached hydrogens (tertiary/aromatic N) is 3. The Balaban J connectivity index is 2.16. The maximum Gasteiger partial charge on any atom is 0.329 e. The Morgan fingerprint density at radius 3 is 2.41 bits per heavy atom. The highest BCUT2D eigenvalue weighted by molar-refractivity contribution is 5.88. The maximum absolute atomic E-state index is 10.9. The average molecular weight is 302 g/mol. The van der Waals surface area contributed by atoms with Gasteiger partial charge in [0.25, 0.3) is 0 Å². The smallest absolute Gasteiger partial charge is 0.329 e. The third-order valence-corrected chi connectivity index (χ3v) is 2.66. The fourth-order valence-electron chi connectivity index (χ4n) is 1.72. The Hall–Kier alpha value is -3.23. The van der Waals surface area contributed by atoms with Crippen molar-refractivity contribution in [3.63, 3.8) is 0 Å². The van der Waals surface area contributed by atoms with E-state index in [9.17, 15) is 14.9 Å². The van der Waals surface area contributed by atoms with E-state index in [0.717, 1.165) is 6.20 Å². The monoisotopic (exact) mass is 302 g/mol. The summed E-state index contributed by atoms with van der Waals surface area (Å²) in [5.41, 5.74) is 1.15. The minimum absolute atomic E-state index is 0.123. The van der Waals surface area contributed by atoms with E-state index < -0.39 is 4.92 Å². The van der Waals surface area contributed by atoms with Crippen LogP contribution in [0, 0.1) is 10.1 Å². The summed E-state index contributed by atoms with van der Waals surface area (Å²) in [5.74, 6) is 0.192. The number of hydrogen-bond acceptors (Lipinski definition) is 7. The van der Waals surface area contributed by atoms with Crippen molar-refractivity contribution in [3.8, 4) is 0 Å². The van der Waals surface area contributed by atoms with Gasteiger partial charge in [-0.2, -0.15) is 4.98 Å². The highest BCUT2D eigenvalue weighted by Gasteiger charge is 2.15. The Morgan fingerprint density at radius 2 is 1.86 bits per heavy atom. The molecule has 0 saturated carbocycles. The standard InChI is InChI=1S/C13H14N6O3/c1-8(20)16-9-3-5-10(6-4-9)17-13-15-7-11(19(21)22)12(14-2)18-13/h3-7H,1-2H3,(H,16,20)(H2,14,15,17,18). The Morgan fingerprint density at radius 1 is 1.23 bits per heavy atom. The molecule has 0 spiro atoms. The second kappa shape index (κ2) is 6.48. The fraction of sp³-hybridized carbons (Fsp3) is 0.154. The zero-order valence-corrected chi connectivity index (χ0v) is 12.0. The van der Waals surface area contributed by atoms with Crippen molar-refractivity contribution in [3.05, 3.63) is 40.6 Å². The topological polar surface area (TPSA) is 122 Å². The van der Waals surface area contributed by atoms with Crippen molar-refractivity contribution >= 4 is 34.7 Å². The molecule has 114 valence electrons. The molecular formula is C13H14N6O3. The number of amides is 1. The summed E-state index contributed by atoms with van der Waals surface area (Å²) < 4.78 is 0. The van der Waals surface area contributed by atoms with Crippen LogP contribution in [0.2, 0.25) is 0 Å². The number of nitro groups is 1. The van der Waals surface area contributed by atoms with E-state index in [2.05, 4.69) is 25.9 Å². The van der Waals surface area contributed by atoms with Crippen LogP contribution >= 0.6 is 0 Å². The zero-order chi connectivity index (χ0) is 16.1. The molecule has 0 saturated heterocycles. The van der Waals surface area contributed by atoms with E-state index in [1.165, 1.54) is 6.92 Å². The molecule has 1 heterocycles. The molecule has 2 rings (SSSR count). The number of nitrogens with one attached hydrogen (secondary N) is 3. The van der Waals surface area contributed by atoms with Crippen LogP contribution in [-0.4, -0.2) is 27.8 Å². The number of hydrogen-bond donors (Lipinski definition) is 3. The van der Waals surface area contributed by atoms with Crippen LogP contribution in [0.4, 0.5) is 28.8 Å². The van der Waals surface area contributed by atoms with Gasteiger partial charge < -0.3 is 16.0 Å². The second-order valence-electron chi connectivity index (χ2n) is 4.32. The van der Waals surface area contributed by atoms with E-state index in [4.69, 9.17) is 0 Å². The highest BCUT2D eigenvalue weighted by Crippen LogP contribution is 2.23. The predicted molar refractivity (Wildman–Crippen MR) is 82.3 cm³/mol. The molecule has 0 aliphatic heterocycles. The van der Waals surface area contributed by atoms with Gasteiger partial charge in [-0.3, -0.25) is 14.9 Å². The number of carbonyl (C=O) groups excluding carboxylic acids is 1. The molecule has 2 aromatic rings. The van der Waals surface area contributed by atoms with Gasteiger partial charge in [-0.1, -0.05) is 0 Å². The quantitative estimate of drug-likeness (QED) is 0.571. The molecule has 0 aliphatic carbocycles. The lowest BCUT2D eigenvalue weighted by atomic mass is 10.3. The molecule has 9 heteroatoms. The number of aromatic nitrogens is 2. The molecule has 9 nitrogen and oxygen atoms in total. The van der Waals surface area contributed by atoms with E-state index in [-0.39, 0.29) is 23.4 Å². The van der Waals surface area contributed by atoms with Crippen LogP contribution in [-0.2, 0) is 4.79 Å². The van der Waals surface area contributed by atoms with E-state index in [1.54, 1.807) is 31.3 Å². The number of anilines is 4. The van der Waals surface area contributed by atoms with Crippen molar-refractivity contribution < 1.29 is 9.72 Å². The number of rotatable bonds is 5. The molecule has 0 radical (unpaired) electrons. The van der Waals surface area contributed by atoms with Crippen LogP contribution in [0.5, 0.6) is 0 Å². The largest absolute Gasteiger partial charge is 0.367 e. The van der Waals surface area contributed by atoms with E-state index in [0.29, 0.717) is 11.4 Å². The lowest BCUT2D eigenvalue weighted by molar-refractivity contribution is -0.384. The van der Waals surface area contributed by atoms with Crippen molar-refractivity contribution in [2.75, 3.05) is 23.0 Å². The lowest BCUT2D eigenvalue weighted by Gasteiger charge is -2.08. The maximum atomic E-state index is 10.9. The van der Waals surface area contributed by atoms with Gasteiger partial charge in [-0.25, -0.2) is 4.98 Å². The third-order valence-electron chi connectivity index (χ3n) is 2.66. The lowest BCUT2D eigenvalue weighted by Crippen LogP contribution is -2.06. The molecule has 0 atom stereocenters. The SMILES string of the molecule is CNc1nc(Nc2ccc(NC(C)=O)cc2)ncc1[N+](=O)[O-]. The Bertz CT molecular complexity index is 701. The van der Waals surface area contributed by atoms with Gasteiger partial charge in [-0.15, -0.1) is 0 Å². The summed E-state index contributed by atoms with van der Waals surface area (Å²) in [7, 11) is 1.54. The Kier molecular flexibility index (Phi) is 4.47. The molecule has 3 N–H and O–H groups in total. The minimum Gasteiger partial charge on any atom is -0.367 e. The first kappa shape index (κ1) is 15.2. The first-order chi connectivity index (χ1) is 10.5. The normalized spacial score (nSPS) is 9.91. The van der Waals surface area contributed by atoms with Crippen LogP contribution in [0.1, 0.15) is 6.92 Å². The third kappa shape index (κ3) is 3.66. The molecular weight excluding hydrogens is 288 g/mol. The molecule has 1 aromatic heterocycles. The molecule has 22 heavy (non-hydrogen) atoms. The van der Waals surface area contributed by atoms with Crippen molar-refractivity contribution in [2.24, 2.45) is 0 Å². The van der Waals surface area contributed by atoms with Gasteiger partial charge in [0.1, 0.15) is 6.20 Å². The summed E-state index contributed by atoms with van der Waals surface area (Å²) in [5, 5.41) is 19.0. The van der Waals surface area contributed by atoms with Gasteiger partial charge in [0.15, 0.2) is 0 Å². The van der Waals surface area contributed by atoms with Gasteiger partial charge >= 0.3 is 5.69 Å². The summed E-state index contributed by atoms with van der Waals surface area (Å²) >= 11 is 0. The fourth-order valence-corrected chi connectivity index (χ4v) is 1.72. The van der Waals surface area contributed by atoms with Gasteiger partial charge in [0, 0.05) is 25.3 Å². The van der Waals surface area contributed by atoms with Crippen LogP contribution in [0.25, 0.3) is 0 Å². The predicted octanol–water partition coefficient (Wildman–Crippen LogP) is 2.13. The molecule has 1 amide bonds. The van der Waals surface area contributed by atoms with Gasteiger partial charge in [0.05, 0.1) is 4.92 Å². The number of carbonyl (C=O) groups is 1. The van der Waals surface area contributed by atoms with Crippen molar-refractivity contribution in [2.45, 2.75) is 6.92 Å². The number of benzene rings is 1. The average Bonchev–Trinajstić information content (AvgIpc) is 2.48. The van der Waals surface area contributed by atoms with Crippen LogP contribution < -0.4 is 16.0 Å². The molecule has 0 aliphatic rings. The first-order valence-corrected chi connectivity index (χ1v) is 6.33. The summed E-state index contributed by atoms with van der Waals surface area (Å²) in [6.07, 6.45) is 1.13. The van der Waals surface area contributed by atoms with Gasteiger partial charge in [-0.05, 0) is 24.3 Å². The van der Waals surface area contributed by atoms with E-state index in [1.807, 2.05) is 0 Å². The highest BCUT2D eigenvalue weighted by atomic mass is 16.6. The molecule has 0 bridgehead atoms. The zero-order valence-electron chi connectivity index (χ0n) is 12.0. The van der Waals surface area contributed by atoms with Crippen molar-refractivity contribution in [1.82, 2.24) is 9.97 Å². The summed E-state index contributed by atoms with van der Waals surface area (Å²) in [6.45, 7) is 1.43. The molecule has 1 aromatic carbocycles. The first-order valence-electron chi connectivity index (χ1n) is 6.33. The second-order valence-corrected chi connectivity index (χ2v) is 4.32. The molecule has 0 fully saturated rings. The van der Waals surface area contributed by atoms with Crippen LogP contribution in [0.15, 0.2) is 30.5 Å². The minimum atomic E-state index is -0.558. The summed E-state index contributed by atoms with van der Waals surface area (Å²) in [6, 6.07) is 6.90. The Labute approximate surface area is 125 Å². The van der Waals surface area contributed by atoms with Gasteiger partial charge in [0.2, 0.25) is 17.7 Å². The van der Waals surface area contributed by atoms with E-state index >= 15 is 0 Å². The summed E-state index contributed by atoms with van der Waals surface area (Å²) in [4.78, 5) is 29.1. The van der Waals surface area contributed by atoms with Crippen molar-refractivity contribution in [1.29, 1.82) is 0 Å². The van der Waals surface area contributed by atoms with Crippen LogP contribution in [0.3, 0.4) is 0 Å². The molecule has 0 unspecified atom stereocenters.